The van der Waals surface area contributed by atoms with Gasteiger partial charge >= 0.3 is 0 Å². The van der Waals surface area contributed by atoms with Crippen LogP contribution in [0, 0.1) is 19.3 Å². The van der Waals surface area contributed by atoms with Crippen molar-refractivity contribution in [3.05, 3.63) is 11.6 Å². The van der Waals surface area contributed by atoms with Crippen LogP contribution in [0.15, 0.2) is 0 Å². The molecular formula is C10H16N4S. The Balaban J connectivity index is 2.08. The SMILES string of the molecule is Cc1nc(C)n(CC2(CC(N)=S)CC2)n1. The van der Waals surface area contributed by atoms with Gasteiger partial charge in [0.2, 0.25) is 0 Å². The number of hydrogen-bond acceptors (Lipinski definition) is 3. The lowest BCUT2D eigenvalue weighted by Gasteiger charge is -2.14. The standard InChI is InChI=1S/C10H16N4S/c1-7-12-8(2)14(13-7)6-10(3-4-10)5-9(11)15/h3-6H2,1-2H3,(H2,11,15). The van der Waals surface area contributed by atoms with Gasteiger partial charge in [0.1, 0.15) is 11.6 Å². The second-order valence-electron chi connectivity index (χ2n) is 4.51. The summed E-state index contributed by atoms with van der Waals surface area (Å²) in [6.45, 7) is 4.80. The molecule has 0 atom stereocenters. The van der Waals surface area contributed by atoms with Crippen LogP contribution in [0.4, 0.5) is 0 Å². The Morgan fingerprint density at radius 3 is 2.60 bits per heavy atom. The zero-order chi connectivity index (χ0) is 11.1. The topological polar surface area (TPSA) is 56.7 Å². The number of aromatic nitrogens is 3. The van der Waals surface area contributed by atoms with E-state index in [2.05, 4.69) is 10.1 Å². The predicted octanol–water partition coefficient (Wildman–Crippen LogP) is 1.35. The summed E-state index contributed by atoms with van der Waals surface area (Å²) in [4.78, 5) is 4.90. The molecule has 0 unspecified atom stereocenters. The first-order valence-electron chi connectivity index (χ1n) is 5.17. The maximum Gasteiger partial charge on any atom is 0.147 e. The highest BCUT2D eigenvalue weighted by Gasteiger charge is 2.43. The van der Waals surface area contributed by atoms with Crippen LogP contribution in [0.5, 0.6) is 0 Å². The van der Waals surface area contributed by atoms with Crippen LogP contribution >= 0.6 is 12.2 Å². The lowest BCUT2D eigenvalue weighted by atomic mass is 10.0. The molecule has 4 nitrogen and oxygen atoms in total. The molecule has 15 heavy (non-hydrogen) atoms. The molecule has 0 aliphatic heterocycles. The van der Waals surface area contributed by atoms with Crippen molar-refractivity contribution in [3.63, 3.8) is 0 Å². The summed E-state index contributed by atoms with van der Waals surface area (Å²) < 4.78 is 1.97. The van der Waals surface area contributed by atoms with E-state index in [1.165, 1.54) is 12.8 Å². The molecular weight excluding hydrogens is 208 g/mol. The largest absolute Gasteiger partial charge is 0.393 e. The van der Waals surface area contributed by atoms with E-state index in [0.717, 1.165) is 24.6 Å². The minimum atomic E-state index is 0.275. The van der Waals surface area contributed by atoms with Crippen LogP contribution in [0.25, 0.3) is 0 Å². The summed E-state index contributed by atoms with van der Waals surface area (Å²) in [6, 6.07) is 0. The second-order valence-corrected chi connectivity index (χ2v) is 5.03. The third-order valence-electron chi connectivity index (χ3n) is 2.95. The highest BCUT2D eigenvalue weighted by molar-refractivity contribution is 7.80. The van der Waals surface area contributed by atoms with Crippen molar-refractivity contribution in [2.45, 2.75) is 39.7 Å². The fraction of sp³-hybridized carbons (Fsp3) is 0.700. The number of hydrogen-bond donors (Lipinski definition) is 1. The van der Waals surface area contributed by atoms with Crippen molar-refractivity contribution in [3.8, 4) is 0 Å². The fourth-order valence-corrected chi connectivity index (χ4v) is 2.27. The Morgan fingerprint density at radius 1 is 1.53 bits per heavy atom. The molecule has 1 aromatic rings. The van der Waals surface area contributed by atoms with E-state index in [4.69, 9.17) is 18.0 Å². The van der Waals surface area contributed by atoms with E-state index < -0.39 is 0 Å². The summed E-state index contributed by atoms with van der Waals surface area (Å²) in [5.74, 6) is 1.81. The zero-order valence-corrected chi connectivity index (χ0v) is 9.97. The maximum atomic E-state index is 5.60. The Bertz CT molecular complexity index is 392. The first-order valence-corrected chi connectivity index (χ1v) is 5.58. The summed E-state index contributed by atoms with van der Waals surface area (Å²) in [5.41, 5.74) is 5.88. The Morgan fingerprint density at radius 2 is 2.20 bits per heavy atom. The van der Waals surface area contributed by atoms with E-state index in [1.54, 1.807) is 0 Å². The summed E-state index contributed by atoms with van der Waals surface area (Å²) in [7, 11) is 0. The van der Waals surface area contributed by atoms with E-state index in [0.29, 0.717) is 4.99 Å². The molecule has 1 fully saturated rings. The van der Waals surface area contributed by atoms with Gasteiger partial charge in [-0.05, 0) is 32.1 Å². The summed E-state index contributed by atoms with van der Waals surface area (Å²) in [6.07, 6.45) is 3.23. The highest BCUT2D eigenvalue weighted by Crippen LogP contribution is 2.50. The Kier molecular flexibility index (Phi) is 2.50. The van der Waals surface area contributed by atoms with Crippen LogP contribution < -0.4 is 5.73 Å². The first-order chi connectivity index (χ1) is 7.01. The predicted molar refractivity (Wildman–Crippen MR) is 62.6 cm³/mol. The maximum absolute atomic E-state index is 5.60. The third-order valence-corrected chi connectivity index (χ3v) is 3.10. The quantitative estimate of drug-likeness (QED) is 0.784. The molecule has 0 amide bonds. The number of thiocarbonyl (C=S) groups is 1. The Hall–Kier alpha value is -0.970. The van der Waals surface area contributed by atoms with Crippen molar-refractivity contribution in [2.75, 3.05) is 0 Å². The van der Waals surface area contributed by atoms with Crippen LogP contribution in [-0.4, -0.2) is 19.8 Å². The van der Waals surface area contributed by atoms with Crippen molar-refractivity contribution in [2.24, 2.45) is 11.1 Å². The first kappa shape index (κ1) is 10.5. The molecule has 82 valence electrons. The average molecular weight is 224 g/mol. The van der Waals surface area contributed by atoms with Crippen LogP contribution in [0.2, 0.25) is 0 Å². The summed E-state index contributed by atoms with van der Waals surface area (Å²) in [5, 5.41) is 4.36. The van der Waals surface area contributed by atoms with Crippen molar-refractivity contribution >= 4 is 17.2 Å². The molecule has 1 aliphatic carbocycles. The van der Waals surface area contributed by atoms with Crippen molar-refractivity contribution < 1.29 is 0 Å². The minimum absolute atomic E-state index is 0.275. The van der Waals surface area contributed by atoms with Gasteiger partial charge in [-0.2, -0.15) is 5.10 Å². The molecule has 2 rings (SSSR count). The molecule has 0 aromatic carbocycles. The van der Waals surface area contributed by atoms with Gasteiger partial charge < -0.3 is 5.73 Å². The molecule has 0 spiro atoms. The van der Waals surface area contributed by atoms with E-state index in [9.17, 15) is 0 Å². The lowest BCUT2D eigenvalue weighted by molar-refractivity contribution is 0.403. The fourth-order valence-electron chi connectivity index (χ4n) is 1.97. The van der Waals surface area contributed by atoms with Gasteiger partial charge in [-0.1, -0.05) is 12.2 Å². The second kappa shape index (κ2) is 3.56. The van der Waals surface area contributed by atoms with Crippen LogP contribution in [0.1, 0.15) is 30.9 Å². The molecule has 2 N–H and O–H groups in total. The highest BCUT2D eigenvalue weighted by atomic mass is 32.1. The van der Waals surface area contributed by atoms with Crippen molar-refractivity contribution in [1.82, 2.24) is 14.8 Å². The average Bonchev–Trinajstić information content (AvgIpc) is 2.74. The van der Waals surface area contributed by atoms with Gasteiger partial charge in [-0.15, -0.1) is 0 Å². The number of rotatable bonds is 4. The molecule has 1 saturated carbocycles. The van der Waals surface area contributed by atoms with Gasteiger partial charge in [0.05, 0.1) is 4.99 Å². The van der Waals surface area contributed by atoms with Gasteiger partial charge in [-0.25, -0.2) is 9.67 Å². The van der Waals surface area contributed by atoms with Gasteiger partial charge in [-0.3, -0.25) is 0 Å². The molecule has 0 saturated heterocycles. The van der Waals surface area contributed by atoms with Gasteiger partial charge in [0.25, 0.3) is 0 Å². The van der Waals surface area contributed by atoms with Gasteiger partial charge in [0, 0.05) is 13.0 Å². The number of nitrogens with zero attached hydrogens (tertiary/aromatic N) is 3. The number of nitrogens with two attached hydrogens (primary N) is 1. The normalized spacial score (nSPS) is 17.7. The van der Waals surface area contributed by atoms with Crippen molar-refractivity contribution in [1.29, 1.82) is 0 Å². The Labute approximate surface area is 94.9 Å². The van der Waals surface area contributed by atoms with E-state index >= 15 is 0 Å². The van der Waals surface area contributed by atoms with E-state index in [-0.39, 0.29) is 5.41 Å². The smallest absolute Gasteiger partial charge is 0.147 e. The van der Waals surface area contributed by atoms with Crippen LogP contribution in [-0.2, 0) is 6.54 Å². The number of aryl methyl sites for hydroxylation is 2. The molecule has 1 heterocycles. The van der Waals surface area contributed by atoms with E-state index in [1.807, 2.05) is 18.5 Å². The zero-order valence-electron chi connectivity index (χ0n) is 9.16. The monoisotopic (exact) mass is 224 g/mol. The molecule has 0 radical (unpaired) electrons. The lowest BCUT2D eigenvalue weighted by Crippen LogP contribution is -2.21. The third kappa shape index (κ3) is 2.34. The molecule has 1 aromatic heterocycles. The minimum Gasteiger partial charge on any atom is -0.393 e. The summed E-state index contributed by atoms with van der Waals surface area (Å²) >= 11 is 4.97. The molecule has 5 heteroatoms. The molecule has 0 bridgehead atoms. The van der Waals surface area contributed by atoms with Gasteiger partial charge in [0.15, 0.2) is 0 Å². The van der Waals surface area contributed by atoms with Crippen LogP contribution in [0.3, 0.4) is 0 Å². The molecule has 1 aliphatic rings.